The zero-order chi connectivity index (χ0) is 25.7. The number of fused-ring (bicyclic) bond motifs is 1. The minimum absolute atomic E-state index is 0.247. The number of hydrogen-bond acceptors (Lipinski definition) is 8. The van der Waals surface area contributed by atoms with Crippen LogP contribution in [0.1, 0.15) is 16.1 Å². The van der Waals surface area contributed by atoms with Crippen LogP contribution < -0.4 is 10.6 Å². The van der Waals surface area contributed by atoms with Gasteiger partial charge in [-0.25, -0.2) is 19.9 Å². The van der Waals surface area contributed by atoms with Gasteiger partial charge in [-0.15, -0.1) is 0 Å². The predicted octanol–water partition coefficient (Wildman–Crippen LogP) is 6.07. The Morgan fingerprint density at radius 3 is 2.47 bits per heavy atom. The van der Waals surface area contributed by atoms with Crippen molar-refractivity contribution in [3.8, 4) is 22.0 Å². The molecule has 0 saturated heterocycles. The van der Waals surface area contributed by atoms with Crippen LogP contribution in [0.2, 0.25) is 0 Å². The van der Waals surface area contributed by atoms with Gasteiger partial charge in [0.1, 0.15) is 26.9 Å². The largest absolute Gasteiger partial charge is 0.366 e. The van der Waals surface area contributed by atoms with Crippen LogP contribution in [0.4, 0.5) is 11.5 Å². The van der Waals surface area contributed by atoms with Crippen LogP contribution in [0.15, 0.2) is 104 Å². The lowest BCUT2D eigenvalue weighted by Gasteiger charge is -2.12. The number of rotatable bonds is 7. The summed E-state index contributed by atoms with van der Waals surface area (Å²) in [5, 5.41) is 7.12. The van der Waals surface area contributed by atoms with Gasteiger partial charge in [-0.1, -0.05) is 53.8 Å². The van der Waals surface area contributed by atoms with Gasteiger partial charge in [0.05, 0.1) is 5.69 Å². The highest BCUT2D eigenvalue weighted by atomic mass is 32.1. The van der Waals surface area contributed by atoms with Gasteiger partial charge in [0, 0.05) is 42.3 Å². The average Bonchev–Trinajstić information content (AvgIpc) is 3.41. The molecule has 6 rings (SSSR count). The van der Waals surface area contributed by atoms with Gasteiger partial charge in [-0.05, 0) is 42.0 Å². The molecule has 0 spiro atoms. The molecule has 0 aliphatic carbocycles. The van der Waals surface area contributed by atoms with Gasteiger partial charge < -0.3 is 10.6 Å². The molecule has 184 valence electrons. The van der Waals surface area contributed by atoms with E-state index in [1.165, 1.54) is 11.3 Å². The maximum absolute atomic E-state index is 13.5. The second-order valence-corrected chi connectivity index (χ2v) is 9.36. The number of nitrogens with zero attached hydrogens (tertiary/aromatic N) is 5. The van der Waals surface area contributed by atoms with Crippen molar-refractivity contribution >= 4 is 39.1 Å². The van der Waals surface area contributed by atoms with Crippen LogP contribution in [-0.4, -0.2) is 30.8 Å². The normalized spacial score (nSPS) is 10.8. The van der Waals surface area contributed by atoms with Gasteiger partial charge in [0.15, 0.2) is 5.82 Å². The molecule has 9 heteroatoms. The first-order valence-electron chi connectivity index (χ1n) is 11.9. The Morgan fingerprint density at radius 1 is 0.816 bits per heavy atom. The number of para-hydroxylation sites is 1. The Balaban J connectivity index is 1.32. The summed E-state index contributed by atoms with van der Waals surface area (Å²) in [5.74, 6) is 0.663. The van der Waals surface area contributed by atoms with E-state index >= 15 is 0 Å². The van der Waals surface area contributed by atoms with Crippen molar-refractivity contribution in [2.24, 2.45) is 0 Å². The van der Waals surface area contributed by atoms with Crippen molar-refractivity contribution in [3.63, 3.8) is 0 Å². The molecule has 38 heavy (non-hydrogen) atoms. The zero-order valence-corrected chi connectivity index (χ0v) is 20.9. The highest BCUT2D eigenvalue weighted by Gasteiger charge is 2.17. The molecule has 8 nitrogen and oxygen atoms in total. The van der Waals surface area contributed by atoms with Gasteiger partial charge in [0.2, 0.25) is 0 Å². The van der Waals surface area contributed by atoms with Crippen LogP contribution in [-0.2, 0) is 6.54 Å². The van der Waals surface area contributed by atoms with Gasteiger partial charge in [-0.2, -0.15) is 0 Å². The molecule has 0 atom stereocenters. The van der Waals surface area contributed by atoms with E-state index in [0.29, 0.717) is 23.9 Å². The van der Waals surface area contributed by atoms with Crippen LogP contribution in [0.25, 0.3) is 32.3 Å². The molecule has 0 fully saturated rings. The second-order valence-electron chi connectivity index (χ2n) is 8.38. The Hall–Kier alpha value is -5.02. The van der Waals surface area contributed by atoms with Crippen LogP contribution in [0.5, 0.6) is 0 Å². The van der Waals surface area contributed by atoms with Gasteiger partial charge in [0.25, 0.3) is 5.91 Å². The van der Waals surface area contributed by atoms with E-state index in [1.54, 1.807) is 24.7 Å². The molecule has 4 aromatic heterocycles. The molecule has 4 heterocycles. The Kier molecular flexibility index (Phi) is 6.48. The molecular formula is C29H21N7OS. The third-order valence-corrected chi connectivity index (χ3v) is 6.80. The van der Waals surface area contributed by atoms with Crippen molar-refractivity contribution in [1.82, 2.24) is 24.9 Å². The Labute approximate surface area is 222 Å². The number of pyridine rings is 2. The lowest BCUT2D eigenvalue weighted by Crippen LogP contribution is -2.16. The molecule has 2 N–H and O–H groups in total. The number of anilines is 2. The molecule has 0 aliphatic rings. The Morgan fingerprint density at radius 2 is 1.63 bits per heavy atom. The average molecular weight is 516 g/mol. The van der Waals surface area contributed by atoms with Crippen molar-refractivity contribution in [2.75, 3.05) is 10.6 Å². The third-order valence-electron chi connectivity index (χ3n) is 5.79. The third kappa shape index (κ3) is 5.09. The molecular weight excluding hydrogens is 494 g/mol. The topological polar surface area (TPSA) is 106 Å². The maximum Gasteiger partial charge on any atom is 0.274 e. The summed E-state index contributed by atoms with van der Waals surface area (Å²) in [6, 6.07) is 26.5. The highest BCUT2D eigenvalue weighted by Crippen LogP contribution is 2.34. The van der Waals surface area contributed by atoms with E-state index in [1.807, 2.05) is 78.9 Å². The monoisotopic (exact) mass is 515 g/mol. The lowest BCUT2D eigenvalue weighted by atomic mass is 10.1. The van der Waals surface area contributed by atoms with E-state index in [0.717, 1.165) is 32.0 Å². The SMILES string of the molecule is O=C(Nc1ccccc1-c1nc2cccnc2s1)c1cc(NCc2ccncc2)nc(-c2ccccc2)n1. The molecule has 6 aromatic rings. The molecule has 0 radical (unpaired) electrons. The van der Waals surface area contributed by atoms with Crippen molar-refractivity contribution in [2.45, 2.75) is 6.54 Å². The number of carbonyl (C=O) groups excluding carboxylic acids is 1. The summed E-state index contributed by atoms with van der Waals surface area (Å²) < 4.78 is 0. The zero-order valence-electron chi connectivity index (χ0n) is 20.1. The summed E-state index contributed by atoms with van der Waals surface area (Å²) in [4.78, 5) is 36.8. The second kappa shape index (κ2) is 10.5. The van der Waals surface area contributed by atoms with E-state index in [-0.39, 0.29) is 11.6 Å². The molecule has 2 aromatic carbocycles. The first-order chi connectivity index (χ1) is 18.7. The van der Waals surface area contributed by atoms with Crippen LogP contribution in [0, 0.1) is 0 Å². The fraction of sp³-hybridized carbons (Fsp3) is 0.0345. The van der Waals surface area contributed by atoms with Crippen molar-refractivity contribution in [3.05, 3.63) is 115 Å². The van der Waals surface area contributed by atoms with Crippen molar-refractivity contribution in [1.29, 1.82) is 0 Å². The number of nitrogens with one attached hydrogen (secondary N) is 2. The molecule has 0 saturated carbocycles. The molecule has 0 bridgehead atoms. The van der Waals surface area contributed by atoms with Gasteiger partial charge >= 0.3 is 0 Å². The highest BCUT2D eigenvalue weighted by molar-refractivity contribution is 7.21. The number of aromatic nitrogens is 5. The lowest BCUT2D eigenvalue weighted by molar-refractivity contribution is 0.102. The van der Waals surface area contributed by atoms with Crippen LogP contribution >= 0.6 is 11.3 Å². The maximum atomic E-state index is 13.5. The summed E-state index contributed by atoms with van der Waals surface area (Å²) in [7, 11) is 0. The predicted molar refractivity (Wildman–Crippen MR) is 150 cm³/mol. The van der Waals surface area contributed by atoms with E-state index in [4.69, 9.17) is 4.98 Å². The van der Waals surface area contributed by atoms with E-state index in [2.05, 4.69) is 30.6 Å². The first kappa shape index (κ1) is 23.4. The number of carbonyl (C=O) groups is 1. The van der Waals surface area contributed by atoms with Crippen molar-refractivity contribution < 1.29 is 4.79 Å². The van der Waals surface area contributed by atoms with Gasteiger partial charge in [-0.3, -0.25) is 9.78 Å². The quantitative estimate of drug-likeness (QED) is 0.266. The minimum Gasteiger partial charge on any atom is -0.366 e. The summed E-state index contributed by atoms with van der Waals surface area (Å²) >= 11 is 1.48. The summed E-state index contributed by atoms with van der Waals surface area (Å²) in [6.07, 6.45) is 5.23. The number of hydrogen-bond donors (Lipinski definition) is 2. The standard InChI is InChI=1S/C29H21N7OS/c37-27(34-22-10-5-4-9-21(22)28-35-23-11-6-14-31-29(23)38-28)24-17-25(32-18-19-12-15-30-16-13-19)36-26(33-24)20-7-2-1-3-8-20/h1-17H,18H2,(H,34,37)(H,32,33,36). The number of amides is 1. The Bertz CT molecular complexity index is 1690. The number of benzene rings is 2. The van der Waals surface area contributed by atoms with E-state index < -0.39 is 0 Å². The first-order valence-corrected chi connectivity index (χ1v) is 12.7. The fourth-order valence-corrected chi connectivity index (χ4v) is 4.86. The summed E-state index contributed by atoms with van der Waals surface area (Å²) in [6.45, 7) is 0.531. The summed E-state index contributed by atoms with van der Waals surface area (Å²) in [5.41, 5.74) is 4.39. The molecule has 1 amide bonds. The minimum atomic E-state index is -0.344. The van der Waals surface area contributed by atoms with E-state index in [9.17, 15) is 4.79 Å². The molecule has 0 aliphatic heterocycles. The van der Waals surface area contributed by atoms with Crippen LogP contribution in [0.3, 0.4) is 0 Å². The molecule has 0 unspecified atom stereocenters. The smallest absolute Gasteiger partial charge is 0.274 e. The fourth-order valence-electron chi connectivity index (χ4n) is 3.91. The number of thiazole rings is 1.